The van der Waals surface area contributed by atoms with Crippen molar-refractivity contribution >= 4 is 17.2 Å². The van der Waals surface area contributed by atoms with E-state index in [1.54, 1.807) is 12.1 Å². The van der Waals surface area contributed by atoms with E-state index < -0.39 is 0 Å². The van der Waals surface area contributed by atoms with Crippen LogP contribution in [0.25, 0.3) is 5.65 Å². The van der Waals surface area contributed by atoms with Gasteiger partial charge in [-0.3, -0.25) is 4.79 Å². The van der Waals surface area contributed by atoms with Crippen molar-refractivity contribution in [3.63, 3.8) is 0 Å². The first-order valence-corrected chi connectivity index (χ1v) is 9.30. The molecule has 8 heteroatoms. The number of nitrogens with zero attached hydrogens (tertiary/aromatic N) is 3. The molecule has 3 rings (SSSR count). The summed E-state index contributed by atoms with van der Waals surface area (Å²) in [5.74, 6) is 1.33. The van der Waals surface area contributed by atoms with Crippen LogP contribution in [-0.2, 0) is 11.2 Å². The van der Waals surface area contributed by atoms with Crippen molar-refractivity contribution in [2.24, 2.45) is 0 Å². The molecule has 1 amide bonds. The maximum Gasteiger partial charge on any atom is 0.224 e. The highest BCUT2D eigenvalue weighted by Crippen LogP contribution is 2.39. The highest BCUT2D eigenvalue weighted by Gasteiger charge is 2.16. The Kier molecular flexibility index (Phi) is 5.91. The molecule has 154 valence electrons. The Morgan fingerprint density at radius 3 is 2.28 bits per heavy atom. The predicted molar refractivity (Wildman–Crippen MR) is 110 cm³/mol. The first-order chi connectivity index (χ1) is 13.9. The molecule has 0 unspecified atom stereocenters. The summed E-state index contributed by atoms with van der Waals surface area (Å²) >= 11 is 0. The van der Waals surface area contributed by atoms with Gasteiger partial charge in [-0.05, 0) is 32.8 Å². The van der Waals surface area contributed by atoms with Crippen LogP contribution < -0.4 is 19.5 Å². The molecule has 0 saturated heterocycles. The Hall–Kier alpha value is -3.29. The van der Waals surface area contributed by atoms with Crippen molar-refractivity contribution in [1.82, 2.24) is 14.6 Å². The third-order valence-electron chi connectivity index (χ3n) is 4.84. The molecular formula is C21H26N4O4. The van der Waals surface area contributed by atoms with Gasteiger partial charge in [0.15, 0.2) is 17.1 Å². The molecule has 0 saturated carbocycles. The number of carbonyl (C=O) groups is 1. The monoisotopic (exact) mass is 398 g/mol. The van der Waals surface area contributed by atoms with Crippen LogP contribution in [0.5, 0.6) is 17.2 Å². The number of aromatic nitrogens is 3. The summed E-state index contributed by atoms with van der Waals surface area (Å²) in [4.78, 5) is 17.2. The van der Waals surface area contributed by atoms with E-state index in [-0.39, 0.29) is 5.91 Å². The topological polar surface area (TPSA) is 87.0 Å². The molecule has 0 aliphatic rings. The molecule has 3 aromatic rings. The van der Waals surface area contributed by atoms with Crippen LogP contribution in [-0.4, -0.2) is 41.8 Å². The van der Waals surface area contributed by atoms with Gasteiger partial charge in [0.05, 0.1) is 27.0 Å². The van der Waals surface area contributed by atoms with E-state index in [0.29, 0.717) is 35.8 Å². The Balaban J connectivity index is 1.76. The number of rotatable bonds is 7. The van der Waals surface area contributed by atoms with Gasteiger partial charge >= 0.3 is 0 Å². The fraction of sp³-hybridized carbons (Fsp3) is 0.381. The average molecular weight is 398 g/mol. The fourth-order valence-electron chi connectivity index (χ4n) is 3.42. The van der Waals surface area contributed by atoms with Crippen molar-refractivity contribution in [3.8, 4) is 17.2 Å². The number of ether oxygens (including phenoxy) is 3. The van der Waals surface area contributed by atoms with Gasteiger partial charge in [0, 0.05) is 41.7 Å². The van der Waals surface area contributed by atoms with Gasteiger partial charge in [-0.2, -0.15) is 5.10 Å². The summed E-state index contributed by atoms with van der Waals surface area (Å²) in [7, 11) is 4.61. The molecule has 0 aliphatic carbocycles. The molecule has 1 N–H and O–H groups in total. The summed E-state index contributed by atoms with van der Waals surface area (Å²) < 4.78 is 17.8. The smallest absolute Gasteiger partial charge is 0.224 e. The number of methoxy groups -OCH3 is 3. The molecule has 1 aromatic carbocycles. The van der Waals surface area contributed by atoms with Crippen molar-refractivity contribution in [3.05, 3.63) is 40.8 Å². The lowest BCUT2D eigenvalue weighted by Crippen LogP contribution is -2.14. The Morgan fingerprint density at radius 1 is 1.03 bits per heavy atom. The van der Waals surface area contributed by atoms with Gasteiger partial charge in [0.2, 0.25) is 11.7 Å². The van der Waals surface area contributed by atoms with Crippen LogP contribution in [0.3, 0.4) is 0 Å². The number of carbonyl (C=O) groups excluding carboxylic acids is 1. The third kappa shape index (κ3) is 4.11. The number of benzene rings is 1. The summed E-state index contributed by atoms with van der Waals surface area (Å²) in [6.07, 6.45) is 0.877. The van der Waals surface area contributed by atoms with Gasteiger partial charge in [-0.25, -0.2) is 9.50 Å². The zero-order valence-electron chi connectivity index (χ0n) is 17.6. The number of nitrogens with one attached hydrogen (secondary N) is 1. The molecule has 0 radical (unpaired) electrons. The summed E-state index contributed by atoms with van der Waals surface area (Å²) in [5, 5.41) is 7.37. The SMILES string of the molecule is COc1cc(NC(=O)CCc2c(C)nc3cc(C)nn3c2C)cc(OC)c1OC. The fourth-order valence-corrected chi connectivity index (χ4v) is 3.42. The van der Waals surface area contributed by atoms with E-state index in [2.05, 4.69) is 15.4 Å². The number of fused-ring (bicyclic) bond motifs is 1. The number of anilines is 1. The summed E-state index contributed by atoms with van der Waals surface area (Å²) in [5.41, 5.74) is 5.26. The summed E-state index contributed by atoms with van der Waals surface area (Å²) in [6.45, 7) is 5.90. The summed E-state index contributed by atoms with van der Waals surface area (Å²) in [6, 6.07) is 5.35. The largest absolute Gasteiger partial charge is 0.493 e. The molecule has 8 nitrogen and oxygen atoms in total. The van der Waals surface area contributed by atoms with Gasteiger partial charge in [-0.15, -0.1) is 0 Å². The van der Waals surface area contributed by atoms with Crippen LogP contribution in [0.4, 0.5) is 5.69 Å². The zero-order chi connectivity index (χ0) is 21.1. The molecule has 0 atom stereocenters. The molecule has 2 heterocycles. The highest BCUT2D eigenvalue weighted by atomic mass is 16.5. The minimum atomic E-state index is -0.116. The van der Waals surface area contributed by atoms with Crippen molar-refractivity contribution in [2.45, 2.75) is 33.6 Å². The molecule has 29 heavy (non-hydrogen) atoms. The normalized spacial score (nSPS) is 10.8. The lowest BCUT2D eigenvalue weighted by molar-refractivity contribution is -0.116. The van der Waals surface area contributed by atoms with Crippen LogP contribution in [0.15, 0.2) is 18.2 Å². The van der Waals surface area contributed by atoms with Crippen molar-refractivity contribution in [1.29, 1.82) is 0 Å². The Bertz CT molecular complexity index is 1030. The minimum Gasteiger partial charge on any atom is -0.493 e. The van der Waals surface area contributed by atoms with Crippen molar-refractivity contribution < 1.29 is 19.0 Å². The van der Waals surface area contributed by atoms with E-state index in [4.69, 9.17) is 14.2 Å². The second-order valence-electron chi connectivity index (χ2n) is 6.78. The van der Waals surface area contributed by atoms with E-state index in [0.717, 1.165) is 28.3 Å². The van der Waals surface area contributed by atoms with Crippen LogP contribution in [0.1, 0.15) is 29.1 Å². The molecule has 0 aliphatic heterocycles. The Morgan fingerprint density at radius 2 is 1.69 bits per heavy atom. The van der Waals surface area contributed by atoms with E-state index in [1.807, 2.05) is 31.4 Å². The number of aryl methyl sites for hydroxylation is 3. The maximum absolute atomic E-state index is 12.6. The Labute approximate surface area is 169 Å². The van der Waals surface area contributed by atoms with Gasteiger partial charge in [-0.1, -0.05) is 0 Å². The number of amides is 1. The van der Waals surface area contributed by atoms with E-state index >= 15 is 0 Å². The third-order valence-corrected chi connectivity index (χ3v) is 4.84. The zero-order valence-corrected chi connectivity index (χ0v) is 17.6. The van der Waals surface area contributed by atoms with Crippen LogP contribution in [0.2, 0.25) is 0 Å². The van der Waals surface area contributed by atoms with Gasteiger partial charge < -0.3 is 19.5 Å². The lowest BCUT2D eigenvalue weighted by atomic mass is 10.1. The highest BCUT2D eigenvalue weighted by molar-refractivity contribution is 5.91. The second-order valence-corrected chi connectivity index (χ2v) is 6.78. The second kappa shape index (κ2) is 8.38. The first kappa shape index (κ1) is 20.4. The van der Waals surface area contributed by atoms with Crippen LogP contribution in [0, 0.1) is 20.8 Å². The number of hydrogen-bond donors (Lipinski definition) is 1. The molecule has 0 spiro atoms. The van der Waals surface area contributed by atoms with E-state index in [1.165, 1.54) is 21.3 Å². The molecular weight excluding hydrogens is 372 g/mol. The van der Waals surface area contributed by atoms with Gasteiger partial charge in [0.25, 0.3) is 0 Å². The predicted octanol–water partition coefficient (Wildman–Crippen LogP) is 3.25. The van der Waals surface area contributed by atoms with Gasteiger partial charge in [0.1, 0.15) is 0 Å². The molecule has 2 aromatic heterocycles. The lowest BCUT2D eigenvalue weighted by Gasteiger charge is -2.15. The minimum absolute atomic E-state index is 0.116. The van der Waals surface area contributed by atoms with E-state index in [9.17, 15) is 4.79 Å². The number of hydrogen-bond acceptors (Lipinski definition) is 6. The van der Waals surface area contributed by atoms with Crippen molar-refractivity contribution in [2.75, 3.05) is 26.6 Å². The average Bonchev–Trinajstić information content (AvgIpc) is 3.07. The quantitative estimate of drug-likeness (QED) is 0.657. The van der Waals surface area contributed by atoms with Crippen LogP contribution >= 0.6 is 0 Å². The standard InChI is InChI=1S/C21H26N4O4/c1-12-9-19-22-13(2)16(14(3)25(19)24-12)7-8-20(26)23-15-10-17(27-4)21(29-6)18(11-15)28-5/h9-11H,7-8H2,1-6H3,(H,23,26). The molecule has 0 bridgehead atoms. The first-order valence-electron chi connectivity index (χ1n) is 9.30. The molecule has 0 fully saturated rings. The maximum atomic E-state index is 12.6.